The summed E-state index contributed by atoms with van der Waals surface area (Å²) in [5.74, 6) is 3.57. The summed E-state index contributed by atoms with van der Waals surface area (Å²) in [6.07, 6.45) is 16.4. The highest BCUT2D eigenvalue weighted by Crippen LogP contribution is 2.61. The maximum atomic E-state index is 4.65. The fourth-order valence-corrected chi connectivity index (χ4v) is 6.52. The van der Waals surface area contributed by atoms with Gasteiger partial charge in [0.15, 0.2) is 0 Å². The lowest BCUT2D eigenvalue weighted by Gasteiger charge is -2.57. The van der Waals surface area contributed by atoms with Crippen LogP contribution in [0.2, 0.25) is 0 Å². The van der Waals surface area contributed by atoms with Crippen molar-refractivity contribution in [1.29, 1.82) is 0 Å². The maximum absolute atomic E-state index is 4.65. The van der Waals surface area contributed by atoms with Crippen LogP contribution < -0.4 is 0 Å². The molecule has 0 amide bonds. The second-order valence-electron chi connectivity index (χ2n) is 8.34. The Bertz CT molecular complexity index is 437. The maximum Gasteiger partial charge on any atom is -0.0109 e. The van der Waals surface area contributed by atoms with E-state index in [4.69, 9.17) is 0 Å². The second kappa shape index (κ2) is 6.54. The van der Waals surface area contributed by atoms with E-state index in [0.717, 1.165) is 23.7 Å². The van der Waals surface area contributed by atoms with Gasteiger partial charge in [0.1, 0.15) is 0 Å². The van der Waals surface area contributed by atoms with Crippen LogP contribution in [0.5, 0.6) is 0 Å². The van der Waals surface area contributed by atoms with E-state index >= 15 is 0 Å². The smallest absolute Gasteiger partial charge is 0.0109 e. The molecule has 0 spiro atoms. The Morgan fingerprint density at radius 1 is 1.18 bits per heavy atom. The number of allylic oxidation sites excluding steroid dienone is 3. The third-order valence-electron chi connectivity index (χ3n) is 7.63. The molecular weight excluding hydrogens is 264 g/mol. The monoisotopic (exact) mass is 300 g/mol. The minimum absolute atomic E-state index is 0.560. The normalized spacial score (nSPS) is 37.2. The molecule has 0 heterocycles. The molecule has 0 aromatic rings. The number of rotatable bonds is 4. The zero-order valence-corrected chi connectivity index (χ0v) is 15.2. The zero-order chi connectivity index (χ0) is 15.7. The van der Waals surface area contributed by atoms with Gasteiger partial charge in [0.25, 0.3) is 0 Å². The highest BCUT2D eigenvalue weighted by Gasteiger charge is 2.51. The van der Waals surface area contributed by atoms with Crippen LogP contribution in [0.4, 0.5) is 0 Å². The molecule has 0 aromatic heterocycles. The Morgan fingerprint density at radius 3 is 2.64 bits per heavy atom. The van der Waals surface area contributed by atoms with Crippen LogP contribution in [0, 0.1) is 29.1 Å². The summed E-state index contributed by atoms with van der Waals surface area (Å²) in [7, 11) is 0. The third kappa shape index (κ3) is 2.51. The van der Waals surface area contributed by atoms with Gasteiger partial charge in [0.2, 0.25) is 0 Å². The molecule has 0 aromatic carbocycles. The van der Waals surface area contributed by atoms with Crippen LogP contribution in [-0.2, 0) is 0 Å². The lowest BCUT2D eigenvalue weighted by atomic mass is 9.48. The zero-order valence-electron chi connectivity index (χ0n) is 15.2. The fourth-order valence-electron chi connectivity index (χ4n) is 6.52. The van der Waals surface area contributed by atoms with Gasteiger partial charge in [-0.05, 0) is 86.9 Å². The summed E-state index contributed by atoms with van der Waals surface area (Å²) in [4.78, 5) is 0. The number of hydrogen-bond donors (Lipinski definition) is 0. The third-order valence-corrected chi connectivity index (χ3v) is 7.63. The summed E-state index contributed by atoms with van der Waals surface area (Å²) >= 11 is 0. The second-order valence-corrected chi connectivity index (χ2v) is 8.34. The molecule has 0 N–H and O–H groups in total. The molecule has 22 heavy (non-hydrogen) atoms. The Labute approximate surface area is 138 Å². The topological polar surface area (TPSA) is 0 Å². The van der Waals surface area contributed by atoms with Crippen molar-refractivity contribution in [3.63, 3.8) is 0 Å². The van der Waals surface area contributed by atoms with Crippen LogP contribution >= 0.6 is 0 Å². The molecule has 2 saturated carbocycles. The highest BCUT2D eigenvalue weighted by atomic mass is 14.6. The van der Waals surface area contributed by atoms with Gasteiger partial charge in [-0.3, -0.25) is 0 Å². The molecule has 4 atom stereocenters. The number of hydrogen-bond acceptors (Lipinski definition) is 0. The average Bonchev–Trinajstić information content (AvgIpc) is 2.56. The molecule has 3 rings (SSSR count). The molecular formula is C22H36. The predicted octanol–water partition coefficient (Wildman–Crippen LogP) is 6.92. The summed E-state index contributed by atoms with van der Waals surface area (Å²) in [5, 5.41) is 0. The SMILES string of the molecule is C=C1CC(CC)(CC)C(CCC)C2CCC3=CCCCC3C12. The van der Waals surface area contributed by atoms with E-state index in [1.54, 1.807) is 5.57 Å². The van der Waals surface area contributed by atoms with Gasteiger partial charge in [0, 0.05) is 0 Å². The van der Waals surface area contributed by atoms with Gasteiger partial charge >= 0.3 is 0 Å². The first kappa shape index (κ1) is 16.3. The molecule has 0 saturated heterocycles. The van der Waals surface area contributed by atoms with Gasteiger partial charge in [-0.25, -0.2) is 0 Å². The van der Waals surface area contributed by atoms with Crippen LogP contribution in [0.1, 0.15) is 85.0 Å². The lowest BCUT2D eigenvalue weighted by Crippen LogP contribution is -2.48. The molecule has 0 bridgehead atoms. The Kier molecular flexibility index (Phi) is 4.86. The van der Waals surface area contributed by atoms with Crippen molar-refractivity contribution in [3.8, 4) is 0 Å². The Morgan fingerprint density at radius 2 is 1.95 bits per heavy atom. The van der Waals surface area contributed by atoms with Gasteiger partial charge in [-0.2, -0.15) is 0 Å². The van der Waals surface area contributed by atoms with Crippen LogP contribution in [-0.4, -0.2) is 0 Å². The van der Waals surface area contributed by atoms with Crippen molar-refractivity contribution in [2.24, 2.45) is 29.1 Å². The minimum Gasteiger partial charge on any atom is -0.0995 e. The van der Waals surface area contributed by atoms with Crippen molar-refractivity contribution in [1.82, 2.24) is 0 Å². The fraction of sp³-hybridized carbons (Fsp3) is 0.818. The molecule has 3 aliphatic rings. The van der Waals surface area contributed by atoms with Crippen molar-refractivity contribution in [2.45, 2.75) is 85.0 Å². The summed E-state index contributed by atoms with van der Waals surface area (Å²) in [5.41, 5.74) is 3.99. The van der Waals surface area contributed by atoms with Crippen LogP contribution in [0.25, 0.3) is 0 Å². The van der Waals surface area contributed by atoms with E-state index in [9.17, 15) is 0 Å². The van der Waals surface area contributed by atoms with Crippen molar-refractivity contribution >= 4 is 0 Å². The van der Waals surface area contributed by atoms with Crippen molar-refractivity contribution < 1.29 is 0 Å². The molecule has 124 valence electrons. The van der Waals surface area contributed by atoms with E-state index in [2.05, 4.69) is 33.4 Å². The first-order valence-electron chi connectivity index (χ1n) is 10.0. The van der Waals surface area contributed by atoms with Gasteiger partial charge in [-0.1, -0.05) is 51.0 Å². The van der Waals surface area contributed by atoms with E-state index < -0.39 is 0 Å². The van der Waals surface area contributed by atoms with E-state index in [1.165, 1.54) is 64.2 Å². The van der Waals surface area contributed by atoms with Gasteiger partial charge in [-0.15, -0.1) is 0 Å². The molecule has 0 radical (unpaired) electrons. The Balaban J connectivity index is 1.95. The van der Waals surface area contributed by atoms with Gasteiger partial charge in [0.05, 0.1) is 0 Å². The quantitative estimate of drug-likeness (QED) is 0.494. The minimum atomic E-state index is 0.560. The Hall–Kier alpha value is -0.520. The lowest BCUT2D eigenvalue weighted by molar-refractivity contribution is -0.00768. The summed E-state index contributed by atoms with van der Waals surface area (Å²) in [6, 6.07) is 0. The number of fused-ring (bicyclic) bond motifs is 3. The van der Waals surface area contributed by atoms with Crippen molar-refractivity contribution in [3.05, 3.63) is 23.8 Å². The largest absolute Gasteiger partial charge is 0.0995 e. The van der Waals surface area contributed by atoms with E-state index in [1.807, 2.05) is 5.57 Å². The summed E-state index contributed by atoms with van der Waals surface area (Å²) in [6.45, 7) is 11.9. The van der Waals surface area contributed by atoms with Crippen molar-refractivity contribution in [2.75, 3.05) is 0 Å². The molecule has 4 unspecified atom stereocenters. The van der Waals surface area contributed by atoms with Gasteiger partial charge < -0.3 is 0 Å². The first-order valence-corrected chi connectivity index (χ1v) is 10.0. The molecule has 0 nitrogen and oxygen atoms in total. The first-order chi connectivity index (χ1) is 10.7. The average molecular weight is 301 g/mol. The standard InChI is InChI=1S/C22H36/c1-5-10-20-19-14-13-17-11-8-9-12-18(17)21(19)16(4)15-22(20,6-2)7-3/h11,18-21H,4-10,12-15H2,1-3H3. The molecule has 3 aliphatic carbocycles. The highest BCUT2D eigenvalue weighted by molar-refractivity contribution is 5.25. The molecule has 0 aliphatic heterocycles. The molecule has 2 fully saturated rings. The summed E-state index contributed by atoms with van der Waals surface area (Å²) < 4.78 is 0. The van der Waals surface area contributed by atoms with E-state index in [0.29, 0.717) is 5.41 Å². The predicted molar refractivity (Wildman–Crippen MR) is 96.8 cm³/mol. The van der Waals surface area contributed by atoms with Crippen LogP contribution in [0.15, 0.2) is 23.8 Å². The molecule has 0 heteroatoms. The van der Waals surface area contributed by atoms with E-state index in [-0.39, 0.29) is 0 Å². The van der Waals surface area contributed by atoms with Crippen LogP contribution in [0.3, 0.4) is 0 Å².